The standard InChI is InChI=1S/C12H11BrN4O2/c1-16-11-7(6-14-16)4-8(5-9(11)13)17-3-2-10(18)15-12(17)19/h4-6H,2-3H2,1H3,(H,15,18,19). The molecule has 0 bridgehead atoms. The maximum absolute atomic E-state index is 11.8. The molecule has 3 amide bonds. The van der Waals surface area contributed by atoms with Gasteiger partial charge in [-0.05, 0) is 28.1 Å². The van der Waals surface area contributed by atoms with Crippen LogP contribution in [0.4, 0.5) is 10.5 Å². The molecule has 0 radical (unpaired) electrons. The quantitative estimate of drug-likeness (QED) is 0.870. The molecule has 3 rings (SSSR count). The number of halogens is 1. The van der Waals surface area contributed by atoms with Gasteiger partial charge in [0.1, 0.15) is 0 Å². The molecule has 0 aliphatic carbocycles. The predicted octanol–water partition coefficient (Wildman–Crippen LogP) is 1.78. The molecule has 19 heavy (non-hydrogen) atoms. The van der Waals surface area contributed by atoms with Crippen LogP contribution >= 0.6 is 15.9 Å². The number of anilines is 1. The summed E-state index contributed by atoms with van der Waals surface area (Å²) in [6.45, 7) is 0.392. The number of urea groups is 1. The molecule has 7 heteroatoms. The van der Waals surface area contributed by atoms with Gasteiger partial charge in [-0.1, -0.05) is 0 Å². The molecule has 1 aliphatic rings. The van der Waals surface area contributed by atoms with E-state index >= 15 is 0 Å². The summed E-state index contributed by atoms with van der Waals surface area (Å²) in [6.07, 6.45) is 2.06. The van der Waals surface area contributed by atoms with Gasteiger partial charge in [0, 0.05) is 35.6 Å². The van der Waals surface area contributed by atoms with E-state index in [4.69, 9.17) is 0 Å². The smallest absolute Gasteiger partial charge is 0.294 e. The highest BCUT2D eigenvalue weighted by Crippen LogP contribution is 2.30. The zero-order valence-corrected chi connectivity index (χ0v) is 11.8. The molecule has 0 saturated carbocycles. The molecule has 0 atom stereocenters. The molecule has 1 saturated heterocycles. The van der Waals surface area contributed by atoms with E-state index in [1.807, 2.05) is 19.2 Å². The number of carbonyl (C=O) groups excluding carboxylic acids is 2. The molecule has 1 aliphatic heterocycles. The van der Waals surface area contributed by atoms with Crippen LogP contribution in [0.5, 0.6) is 0 Å². The van der Waals surface area contributed by atoms with Crippen LogP contribution in [-0.4, -0.2) is 28.3 Å². The molecule has 6 nitrogen and oxygen atoms in total. The van der Waals surface area contributed by atoms with Crippen LogP contribution in [0.1, 0.15) is 6.42 Å². The van der Waals surface area contributed by atoms with E-state index in [1.165, 1.54) is 0 Å². The first kappa shape index (κ1) is 12.2. The van der Waals surface area contributed by atoms with Crippen LogP contribution in [0.25, 0.3) is 10.9 Å². The van der Waals surface area contributed by atoms with Crippen LogP contribution in [0.3, 0.4) is 0 Å². The van der Waals surface area contributed by atoms with E-state index in [0.717, 1.165) is 21.1 Å². The van der Waals surface area contributed by atoms with Gasteiger partial charge in [0.05, 0.1) is 11.7 Å². The number of aromatic nitrogens is 2. The summed E-state index contributed by atoms with van der Waals surface area (Å²) in [7, 11) is 1.86. The number of fused-ring (bicyclic) bond motifs is 1. The summed E-state index contributed by atoms with van der Waals surface area (Å²) in [6, 6.07) is 3.37. The molecule has 1 fully saturated rings. The van der Waals surface area contributed by atoms with Gasteiger partial charge in [-0.25, -0.2) is 4.79 Å². The van der Waals surface area contributed by atoms with Crippen LogP contribution in [0.2, 0.25) is 0 Å². The van der Waals surface area contributed by atoms with E-state index in [0.29, 0.717) is 13.0 Å². The second-order valence-corrected chi connectivity index (χ2v) is 5.24. The SMILES string of the molecule is Cn1ncc2cc(N3CCC(=O)NC3=O)cc(Br)c21. The molecule has 1 N–H and O–H groups in total. The van der Waals surface area contributed by atoms with Crippen molar-refractivity contribution >= 4 is 44.5 Å². The van der Waals surface area contributed by atoms with Crippen molar-refractivity contribution in [3.05, 3.63) is 22.8 Å². The Hall–Kier alpha value is -1.89. The average molecular weight is 323 g/mol. The number of imide groups is 1. The molecule has 0 spiro atoms. The van der Waals surface area contributed by atoms with Crippen molar-refractivity contribution in [3.63, 3.8) is 0 Å². The second-order valence-electron chi connectivity index (χ2n) is 4.39. The Balaban J connectivity index is 2.06. The van der Waals surface area contributed by atoms with E-state index in [2.05, 4.69) is 26.3 Å². The highest BCUT2D eigenvalue weighted by atomic mass is 79.9. The largest absolute Gasteiger partial charge is 0.328 e. The molecular formula is C12H11BrN4O2. The van der Waals surface area contributed by atoms with Crippen molar-refractivity contribution in [2.45, 2.75) is 6.42 Å². The third-order valence-electron chi connectivity index (χ3n) is 3.14. The fraction of sp³-hybridized carbons (Fsp3) is 0.250. The van der Waals surface area contributed by atoms with Crippen molar-refractivity contribution in [2.75, 3.05) is 11.4 Å². The number of hydrogen-bond donors (Lipinski definition) is 1. The molecule has 0 unspecified atom stereocenters. The average Bonchev–Trinajstić information content (AvgIpc) is 2.71. The molecule has 1 aromatic carbocycles. The highest BCUT2D eigenvalue weighted by Gasteiger charge is 2.25. The number of rotatable bonds is 1. The van der Waals surface area contributed by atoms with Crippen LogP contribution < -0.4 is 10.2 Å². The van der Waals surface area contributed by atoms with Crippen LogP contribution in [-0.2, 0) is 11.8 Å². The van der Waals surface area contributed by atoms with E-state index < -0.39 is 0 Å². The number of nitrogens with one attached hydrogen (secondary N) is 1. The topological polar surface area (TPSA) is 67.2 Å². The van der Waals surface area contributed by atoms with Crippen molar-refractivity contribution in [1.29, 1.82) is 0 Å². The molecular weight excluding hydrogens is 312 g/mol. The number of carbonyl (C=O) groups is 2. The molecule has 2 aromatic rings. The number of aryl methyl sites for hydroxylation is 1. The minimum Gasteiger partial charge on any atom is -0.294 e. The van der Waals surface area contributed by atoms with E-state index in [1.54, 1.807) is 15.8 Å². The lowest BCUT2D eigenvalue weighted by molar-refractivity contribution is -0.120. The summed E-state index contributed by atoms with van der Waals surface area (Å²) in [4.78, 5) is 24.5. The van der Waals surface area contributed by atoms with Crippen molar-refractivity contribution in [2.24, 2.45) is 7.05 Å². The summed E-state index contributed by atoms with van der Waals surface area (Å²) >= 11 is 3.49. The summed E-state index contributed by atoms with van der Waals surface area (Å²) in [5, 5.41) is 7.44. The van der Waals surface area contributed by atoms with Crippen LogP contribution in [0, 0.1) is 0 Å². The lowest BCUT2D eigenvalue weighted by Crippen LogP contribution is -2.49. The lowest BCUT2D eigenvalue weighted by atomic mass is 10.2. The Labute approximate surface area is 117 Å². The first-order valence-corrected chi connectivity index (χ1v) is 6.58. The van der Waals surface area contributed by atoms with Gasteiger partial charge in [0.15, 0.2) is 0 Å². The number of nitrogens with zero attached hydrogens (tertiary/aromatic N) is 3. The Morgan fingerprint density at radius 1 is 1.37 bits per heavy atom. The van der Waals surface area contributed by atoms with E-state index in [9.17, 15) is 9.59 Å². The Bertz CT molecular complexity index is 694. The minimum atomic E-state index is -0.383. The van der Waals surface area contributed by atoms with Gasteiger partial charge in [0.2, 0.25) is 5.91 Å². The first-order valence-electron chi connectivity index (χ1n) is 5.79. The predicted molar refractivity (Wildman–Crippen MR) is 73.9 cm³/mol. The van der Waals surface area contributed by atoms with Gasteiger partial charge < -0.3 is 0 Å². The highest BCUT2D eigenvalue weighted by molar-refractivity contribution is 9.10. The minimum absolute atomic E-state index is 0.234. The summed E-state index contributed by atoms with van der Waals surface area (Å²) in [5.41, 5.74) is 1.72. The Morgan fingerprint density at radius 2 is 2.16 bits per heavy atom. The molecule has 2 heterocycles. The van der Waals surface area contributed by atoms with Gasteiger partial charge in [0.25, 0.3) is 0 Å². The summed E-state index contributed by atoms with van der Waals surface area (Å²) < 4.78 is 2.63. The summed E-state index contributed by atoms with van der Waals surface area (Å²) in [5.74, 6) is -0.234. The van der Waals surface area contributed by atoms with E-state index in [-0.39, 0.29) is 11.9 Å². The van der Waals surface area contributed by atoms with Gasteiger partial charge >= 0.3 is 6.03 Å². The molecule has 98 valence electrons. The fourth-order valence-electron chi connectivity index (χ4n) is 2.22. The molecule has 1 aromatic heterocycles. The monoisotopic (exact) mass is 322 g/mol. The zero-order chi connectivity index (χ0) is 13.6. The van der Waals surface area contributed by atoms with Crippen molar-refractivity contribution in [1.82, 2.24) is 15.1 Å². The van der Waals surface area contributed by atoms with Gasteiger partial charge in [-0.15, -0.1) is 0 Å². The van der Waals surface area contributed by atoms with Crippen molar-refractivity contribution in [3.8, 4) is 0 Å². The van der Waals surface area contributed by atoms with Gasteiger partial charge in [-0.2, -0.15) is 5.10 Å². The van der Waals surface area contributed by atoms with Gasteiger partial charge in [-0.3, -0.25) is 19.7 Å². The second kappa shape index (κ2) is 4.34. The Morgan fingerprint density at radius 3 is 2.89 bits per heavy atom. The maximum atomic E-state index is 11.8. The van der Waals surface area contributed by atoms with Crippen molar-refractivity contribution < 1.29 is 9.59 Å². The van der Waals surface area contributed by atoms with Crippen LogP contribution in [0.15, 0.2) is 22.8 Å². The first-order chi connectivity index (χ1) is 9.06. The zero-order valence-electron chi connectivity index (χ0n) is 10.2. The number of benzene rings is 1. The third kappa shape index (κ3) is 1.99. The number of hydrogen-bond acceptors (Lipinski definition) is 3. The third-order valence-corrected chi connectivity index (χ3v) is 3.74. The number of amides is 3. The Kier molecular flexibility index (Phi) is 2.78. The lowest BCUT2D eigenvalue weighted by Gasteiger charge is -2.26. The fourth-order valence-corrected chi connectivity index (χ4v) is 2.94. The normalized spacial score (nSPS) is 16.0. The maximum Gasteiger partial charge on any atom is 0.328 e.